The number of benzene rings is 1. The fraction of sp³-hybridized carbons (Fsp3) is 0.385. The van der Waals surface area contributed by atoms with Gasteiger partial charge in [0.2, 0.25) is 0 Å². The van der Waals surface area contributed by atoms with E-state index in [1.165, 1.54) is 29.5 Å². The Morgan fingerprint density at radius 1 is 1.29 bits per heavy atom. The molecule has 0 saturated carbocycles. The summed E-state index contributed by atoms with van der Waals surface area (Å²) < 4.78 is 0. The number of H-pyrrole nitrogens is 1. The Balaban J connectivity index is 2.03. The van der Waals surface area contributed by atoms with Gasteiger partial charge in [0.25, 0.3) is 0 Å². The van der Waals surface area contributed by atoms with E-state index < -0.39 is 0 Å². The van der Waals surface area contributed by atoms with Crippen molar-refractivity contribution in [1.29, 1.82) is 0 Å². The lowest BCUT2D eigenvalue weighted by Crippen LogP contribution is -2.05. The van der Waals surface area contributed by atoms with E-state index in [9.17, 15) is 0 Å². The molecule has 0 fully saturated rings. The number of hydrogen-bond donors (Lipinski definition) is 1. The molecule has 4 heteroatoms. The second-order valence-electron chi connectivity index (χ2n) is 4.89. The van der Waals surface area contributed by atoms with Crippen LogP contribution in [0.5, 0.6) is 0 Å². The van der Waals surface area contributed by atoms with Crippen LogP contribution in [0, 0.1) is 5.92 Å². The molecule has 1 unspecified atom stereocenters. The minimum Gasteiger partial charge on any atom is -0.197 e. The minimum atomic E-state index is 0.605. The second-order valence-corrected chi connectivity index (χ2v) is 5.35. The van der Waals surface area contributed by atoms with Gasteiger partial charge in [-0.05, 0) is 54.4 Å². The highest BCUT2D eigenvalue weighted by molar-refractivity contribution is 6.33. The highest BCUT2D eigenvalue weighted by atomic mass is 35.5. The molecule has 1 N–H and O–H groups in total. The van der Waals surface area contributed by atoms with Gasteiger partial charge < -0.3 is 0 Å². The number of nitrogens with zero attached hydrogens (tertiary/aromatic N) is 2. The molecule has 4 rings (SSSR count). The van der Waals surface area contributed by atoms with E-state index in [1.54, 1.807) is 0 Å². The first kappa shape index (κ1) is 9.66. The van der Waals surface area contributed by atoms with Crippen LogP contribution in [0.2, 0.25) is 0 Å². The summed E-state index contributed by atoms with van der Waals surface area (Å²) >= 11 is 6.41. The van der Waals surface area contributed by atoms with Crippen molar-refractivity contribution < 1.29 is 0 Å². The third-order valence-corrected chi connectivity index (χ3v) is 4.38. The third-order valence-electron chi connectivity index (χ3n) is 3.98. The lowest BCUT2D eigenvalue weighted by atomic mass is 9.88. The van der Waals surface area contributed by atoms with Gasteiger partial charge in [0.05, 0.1) is 0 Å². The van der Waals surface area contributed by atoms with Crippen molar-refractivity contribution in [3.05, 3.63) is 28.3 Å². The average Bonchev–Trinajstić information content (AvgIpc) is 2.91. The topological polar surface area (TPSA) is 41.6 Å². The molecule has 0 bridgehead atoms. The lowest BCUT2D eigenvalue weighted by Gasteiger charge is -2.19. The Bertz CT molecular complexity index is 641. The highest BCUT2D eigenvalue weighted by Crippen LogP contribution is 2.48. The largest absolute Gasteiger partial charge is 0.197 e. The molecule has 2 aromatic rings. The molecule has 86 valence electrons. The van der Waals surface area contributed by atoms with Gasteiger partial charge in [-0.2, -0.15) is 15.4 Å². The lowest BCUT2D eigenvalue weighted by molar-refractivity contribution is 0.570. The zero-order valence-electron chi connectivity index (χ0n) is 9.33. The van der Waals surface area contributed by atoms with Crippen molar-refractivity contribution in [2.45, 2.75) is 25.7 Å². The van der Waals surface area contributed by atoms with Crippen molar-refractivity contribution in [1.82, 2.24) is 15.4 Å². The van der Waals surface area contributed by atoms with Crippen molar-refractivity contribution in [2.24, 2.45) is 5.92 Å². The summed E-state index contributed by atoms with van der Waals surface area (Å²) in [4.78, 5) is 0. The smallest absolute Gasteiger partial charge is 0.116 e. The van der Waals surface area contributed by atoms with Gasteiger partial charge in [-0.3, -0.25) is 0 Å². The molecule has 2 aliphatic carbocycles. The summed E-state index contributed by atoms with van der Waals surface area (Å²) in [6, 6.07) is 4.19. The van der Waals surface area contributed by atoms with Crippen LogP contribution in [0.25, 0.3) is 16.6 Å². The quantitative estimate of drug-likeness (QED) is 0.774. The predicted molar refractivity (Wildman–Crippen MR) is 67.7 cm³/mol. The Morgan fingerprint density at radius 2 is 2.24 bits per heavy atom. The molecular formula is C13H12ClN3. The second kappa shape index (κ2) is 3.33. The molecule has 1 atom stereocenters. The maximum Gasteiger partial charge on any atom is 0.116 e. The van der Waals surface area contributed by atoms with Gasteiger partial charge >= 0.3 is 0 Å². The first-order valence-corrected chi connectivity index (χ1v) is 6.43. The van der Waals surface area contributed by atoms with Crippen molar-refractivity contribution in [3.8, 4) is 0 Å². The Labute approximate surface area is 104 Å². The first-order chi connectivity index (χ1) is 8.34. The van der Waals surface area contributed by atoms with Crippen LogP contribution in [0.15, 0.2) is 17.2 Å². The van der Waals surface area contributed by atoms with Crippen molar-refractivity contribution in [2.75, 3.05) is 0 Å². The maximum absolute atomic E-state index is 6.41. The molecule has 17 heavy (non-hydrogen) atoms. The van der Waals surface area contributed by atoms with Crippen molar-refractivity contribution in [3.63, 3.8) is 0 Å². The highest BCUT2D eigenvalue weighted by Gasteiger charge is 2.33. The van der Waals surface area contributed by atoms with E-state index in [0.717, 1.165) is 28.9 Å². The van der Waals surface area contributed by atoms with E-state index in [0.29, 0.717) is 5.92 Å². The standard InChI is InChI=1S/C13H12ClN3/c14-10-3-1-2-7-6-9-8(12(7)10)4-5-11-13(9)16-17-15-11/h4-5,7H,1-3,6H2,(H,15,16,17). The van der Waals surface area contributed by atoms with Gasteiger partial charge in [0.15, 0.2) is 0 Å². The number of aromatic amines is 1. The van der Waals surface area contributed by atoms with E-state index >= 15 is 0 Å². The molecule has 0 saturated heterocycles. The van der Waals surface area contributed by atoms with Crippen LogP contribution in [0.4, 0.5) is 0 Å². The molecule has 0 radical (unpaired) electrons. The number of halogens is 1. The average molecular weight is 246 g/mol. The predicted octanol–water partition coefficient (Wildman–Crippen LogP) is 3.26. The molecule has 3 nitrogen and oxygen atoms in total. The van der Waals surface area contributed by atoms with E-state index in [2.05, 4.69) is 21.5 Å². The zero-order valence-corrected chi connectivity index (χ0v) is 10.1. The maximum atomic E-state index is 6.41. The number of rotatable bonds is 0. The van der Waals surface area contributed by atoms with Gasteiger partial charge in [-0.15, -0.1) is 0 Å². The van der Waals surface area contributed by atoms with Gasteiger partial charge in [0, 0.05) is 5.03 Å². The summed E-state index contributed by atoms with van der Waals surface area (Å²) in [6.07, 6.45) is 4.57. The molecule has 0 spiro atoms. The molecular weight excluding hydrogens is 234 g/mol. The van der Waals surface area contributed by atoms with Crippen LogP contribution in [0.3, 0.4) is 0 Å². The fourth-order valence-corrected chi connectivity index (χ4v) is 3.64. The van der Waals surface area contributed by atoms with Crippen LogP contribution in [0.1, 0.15) is 30.4 Å². The molecule has 1 aromatic carbocycles. The SMILES string of the molecule is ClC1=C2c3ccc4n[nH]nc4c3CC2CCC1. The molecule has 2 aliphatic rings. The number of nitrogens with one attached hydrogen (secondary N) is 1. The summed E-state index contributed by atoms with van der Waals surface area (Å²) in [7, 11) is 0. The van der Waals surface area contributed by atoms with Gasteiger partial charge in [0.1, 0.15) is 11.0 Å². The van der Waals surface area contributed by atoms with E-state index in [1.807, 2.05) is 6.07 Å². The van der Waals surface area contributed by atoms with Crippen molar-refractivity contribution >= 4 is 28.2 Å². The van der Waals surface area contributed by atoms with Crippen LogP contribution < -0.4 is 0 Å². The molecule has 0 amide bonds. The molecule has 1 heterocycles. The molecule has 1 aromatic heterocycles. The normalized spacial score (nSPS) is 23.0. The van der Waals surface area contributed by atoms with Gasteiger partial charge in [-0.1, -0.05) is 17.7 Å². The van der Waals surface area contributed by atoms with Crippen LogP contribution >= 0.6 is 11.6 Å². The summed E-state index contributed by atoms with van der Waals surface area (Å²) in [5, 5.41) is 12.2. The van der Waals surface area contributed by atoms with E-state index in [-0.39, 0.29) is 0 Å². The van der Waals surface area contributed by atoms with Gasteiger partial charge in [-0.25, -0.2) is 0 Å². The van der Waals surface area contributed by atoms with Crippen LogP contribution in [-0.2, 0) is 6.42 Å². The van der Waals surface area contributed by atoms with E-state index in [4.69, 9.17) is 11.6 Å². The number of hydrogen-bond acceptors (Lipinski definition) is 2. The number of allylic oxidation sites excluding steroid dienone is 2. The minimum absolute atomic E-state index is 0.605. The Morgan fingerprint density at radius 3 is 3.18 bits per heavy atom. The molecule has 0 aliphatic heterocycles. The summed E-state index contributed by atoms with van der Waals surface area (Å²) in [5.41, 5.74) is 5.99. The number of fused-ring (bicyclic) bond motifs is 5. The summed E-state index contributed by atoms with van der Waals surface area (Å²) in [6.45, 7) is 0. The third kappa shape index (κ3) is 1.23. The monoisotopic (exact) mass is 245 g/mol. The Hall–Kier alpha value is -1.35. The fourth-order valence-electron chi connectivity index (χ4n) is 3.25. The Kier molecular flexibility index (Phi) is 1.89. The number of aromatic nitrogens is 3. The summed E-state index contributed by atoms with van der Waals surface area (Å²) in [5.74, 6) is 0.605. The first-order valence-electron chi connectivity index (χ1n) is 6.06. The van der Waals surface area contributed by atoms with Crippen LogP contribution in [-0.4, -0.2) is 15.4 Å². The zero-order chi connectivity index (χ0) is 11.4.